The molecular formula is C16H11BrCl2O2. The third-order valence-corrected chi connectivity index (χ3v) is 4.43. The Morgan fingerprint density at radius 3 is 2.86 bits per heavy atom. The number of ether oxygens (including phenoxy) is 1. The third-order valence-electron chi connectivity index (χ3n) is 3.41. The van der Waals surface area contributed by atoms with Crippen LogP contribution in [-0.4, -0.2) is 12.4 Å². The molecule has 0 radical (unpaired) electrons. The highest BCUT2D eigenvalue weighted by atomic mass is 79.9. The maximum atomic E-state index is 12.5. The summed E-state index contributed by atoms with van der Waals surface area (Å²) in [5, 5.41) is 0.912. The minimum atomic E-state index is -0.0710. The van der Waals surface area contributed by atoms with Gasteiger partial charge >= 0.3 is 0 Å². The van der Waals surface area contributed by atoms with E-state index in [0.717, 1.165) is 27.8 Å². The summed E-state index contributed by atoms with van der Waals surface area (Å²) in [4.78, 5) is 12.5. The molecule has 1 aliphatic rings. The van der Waals surface area contributed by atoms with Crippen LogP contribution in [0.1, 0.15) is 21.5 Å². The summed E-state index contributed by atoms with van der Waals surface area (Å²) in [5.74, 6) is 0.753. The van der Waals surface area contributed by atoms with Crippen molar-refractivity contribution in [3.8, 4) is 5.75 Å². The Labute approximate surface area is 141 Å². The quantitative estimate of drug-likeness (QED) is 0.685. The molecule has 2 aromatic rings. The molecule has 0 aromatic heterocycles. The van der Waals surface area contributed by atoms with Gasteiger partial charge in [0.05, 0.1) is 11.6 Å². The highest BCUT2D eigenvalue weighted by Crippen LogP contribution is 2.34. The molecule has 0 N–H and O–H groups in total. The fourth-order valence-electron chi connectivity index (χ4n) is 2.46. The topological polar surface area (TPSA) is 26.3 Å². The number of halogens is 3. The van der Waals surface area contributed by atoms with Crippen LogP contribution >= 0.6 is 39.1 Å². The number of fused-ring (bicyclic) bond motifs is 1. The van der Waals surface area contributed by atoms with Gasteiger partial charge in [-0.05, 0) is 35.9 Å². The Morgan fingerprint density at radius 1 is 1.24 bits per heavy atom. The summed E-state index contributed by atoms with van der Waals surface area (Å²) in [6.45, 7) is 0.658. The molecule has 0 unspecified atom stereocenters. The minimum absolute atomic E-state index is 0.0710. The van der Waals surface area contributed by atoms with Crippen molar-refractivity contribution in [3.05, 3.63) is 61.5 Å². The highest BCUT2D eigenvalue weighted by molar-refractivity contribution is 9.10. The number of carbonyl (C=O) groups excluding carboxylic acids is 1. The van der Waals surface area contributed by atoms with Gasteiger partial charge in [-0.3, -0.25) is 4.79 Å². The van der Waals surface area contributed by atoms with Crippen molar-refractivity contribution >= 4 is 44.9 Å². The van der Waals surface area contributed by atoms with Crippen LogP contribution < -0.4 is 4.74 Å². The number of carbonyl (C=O) groups is 1. The van der Waals surface area contributed by atoms with Gasteiger partial charge in [0, 0.05) is 33.5 Å². The second kappa shape index (κ2) is 5.99. The van der Waals surface area contributed by atoms with Crippen molar-refractivity contribution in [2.24, 2.45) is 0 Å². The molecule has 0 saturated carbocycles. The summed E-state index contributed by atoms with van der Waals surface area (Å²) in [6, 6.07) is 8.86. The summed E-state index contributed by atoms with van der Waals surface area (Å²) in [5.41, 5.74) is 2.44. The second-order valence-corrected chi connectivity index (χ2v) is 6.64. The minimum Gasteiger partial charge on any atom is -0.493 e. The van der Waals surface area contributed by atoms with Crippen LogP contribution in [0.5, 0.6) is 5.75 Å². The van der Waals surface area contributed by atoms with E-state index in [4.69, 9.17) is 27.9 Å². The molecule has 0 spiro atoms. The van der Waals surface area contributed by atoms with Crippen molar-refractivity contribution in [2.45, 2.75) is 12.8 Å². The van der Waals surface area contributed by atoms with Crippen LogP contribution in [-0.2, 0) is 12.8 Å². The van der Waals surface area contributed by atoms with Crippen LogP contribution in [0.2, 0.25) is 10.0 Å². The van der Waals surface area contributed by atoms with Crippen molar-refractivity contribution in [1.82, 2.24) is 0 Å². The van der Waals surface area contributed by atoms with Gasteiger partial charge < -0.3 is 4.74 Å². The average Bonchev–Trinajstić information content (AvgIpc) is 2.89. The van der Waals surface area contributed by atoms with Crippen molar-refractivity contribution in [2.75, 3.05) is 6.61 Å². The molecular weight excluding hydrogens is 375 g/mol. The van der Waals surface area contributed by atoms with Gasteiger partial charge in [-0.1, -0.05) is 39.1 Å². The number of benzene rings is 2. The van der Waals surface area contributed by atoms with E-state index in [0.29, 0.717) is 22.2 Å². The summed E-state index contributed by atoms with van der Waals surface area (Å²) in [7, 11) is 0. The molecule has 3 rings (SSSR count). The number of rotatable bonds is 3. The molecule has 0 saturated heterocycles. The zero-order valence-electron chi connectivity index (χ0n) is 11.0. The predicted molar refractivity (Wildman–Crippen MR) is 87.8 cm³/mol. The summed E-state index contributed by atoms with van der Waals surface area (Å²) in [6.07, 6.45) is 1.11. The Hall–Kier alpha value is -1.03. The smallest absolute Gasteiger partial charge is 0.168 e. The number of hydrogen-bond donors (Lipinski definition) is 0. The van der Waals surface area contributed by atoms with E-state index >= 15 is 0 Å². The first-order valence-electron chi connectivity index (χ1n) is 6.47. The molecule has 0 aliphatic carbocycles. The van der Waals surface area contributed by atoms with Crippen LogP contribution in [0.4, 0.5) is 0 Å². The van der Waals surface area contributed by atoms with Crippen LogP contribution in [0.15, 0.2) is 34.8 Å². The van der Waals surface area contributed by atoms with E-state index in [-0.39, 0.29) is 12.2 Å². The van der Waals surface area contributed by atoms with Gasteiger partial charge in [-0.25, -0.2) is 0 Å². The lowest BCUT2D eigenvalue weighted by Gasteiger charge is -2.09. The Morgan fingerprint density at radius 2 is 2.05 bits per heavy atom. The maximum Gasteiger partial charge on any atom is 0.168 e. The lowest BCUT2D eigenvalue weighted by atomic mass is 10.00. The maximum absolute atomic E-state index is 12.5. The fourth-order valence-corrected chi connectivity index (χ4v) is 3.40. The van der Waals surface area contributed by atoms with Crippen LogP contribution in [0.25, 0.3) is 0 Å². The molecule has 2 aromatic carbocycles. The van der Waals surface area contributed by atoms with Gasteiger partial charge in [-0.15, -0.1) is 0 Å². The molecule has 0 fully saturated rings. The number of hydrogen-bond acceptors (Lipinski definition) is 2. The van der Waals surface area contributed by atoms with E-state index in [2.05, 4.69) is 15.9 Å². The second-order valence-electron chi connectivity index (χ2n) is 4.88. The molecule has 0 atom stereocenters. The van der Waals surface area contributed by atoms with E-state index in [1.165, 1.54) is 0 Å². The largest absolute Gasteiger partial charge is 0.493 e. The number of Topliss-reactive ketones (excluding diaryl/α,β-unsaturated/α-hetero) is 1. The highest BCUT2D eigenvalue weighted by Gasteiger charge is 2.20. The SMILES string of the molecule is O=C(Cc1cc(Br)cc2c1OCC2)c1cc(Cl)ccc1Cl. The first-order chi connectivity index (χ1) is 10.0. The van der Waals surface area contributed by atoms with Crippen molar-refractivity contribution in [3.63, 3.8) is 0 Å². The van der Waals surface area contributed by atoms with E-state index in [1.54, 1.807) is 18.2 Å². The zero-order chi connectivity index (χ0) is 15.0. The first kappa shape index (κ1) is 14.9. The van der Waals surface area contributed by atoms with E-state index < -0.39 is 0 Å². The third kappa shape index (κ3) is 3.10. The molecule has 5 heteroatoms. The predicted octanol–water partition coefficient (Wildman–Crippen LogP) is 5.12. The van der Waals surface area contributed by atoms with Gasteiger partial charge in [0.1, 0.15) is 5.75 Å². The standard InChI is InChI=1S/C16H11BrCl2O2/c17-11-5-9-3-4-21-16(9)10(6-11)7-15(20)13-8-12(18)1-2-14(13)19/h1-2,5-6,8H,3-4,7H2. The number of ketones is 1. The first-order valence-corrected chi connectivity index (χ1v) is 8.02. The van der Waals surface area contributed by atoms with Gasteiger partial charge in [0.25, 0.3) is 0 Å². The van der Waals surface area contributed by atoms with Crippen molar-refractivity contribution < 1.29 is 9.53 Å². The molecule has 21 heavy (non-hydrogen) atoms. The summed E-state index contributed by atoms with van der Waals surface area (Å²) >= 11 is 15.5. The molecule has 1 heterocycles. The van der Waals surface area contributed by atoms with Gasteiger partial charge in [-0.2, -0.15) is 0 Å². The van der Waals surface area contributed by atoms with Crippen LogP contribution in [0.3, 0.4) is 0 Å². The lowest BCUT2D eigenvalue weighted by molar-refractivity contribution is 0.0992. The van der Waals surface area contributed by atoms with Crippen LogP contribution in [0, 0.1) is 0 Å². The van der Waals surface area contributed by atoms with Crippen molar-refractivity contribution in [1.29, 1.82) is 0 Å². The van der Waals surface area contributed by atoms with E-state index in [1.807, 2.05) is 12.1 Å². The zero-order valence-corrected chi connectivity index (χ0v) is 14.1. The molecule has 1 aliphatic heterocycles. The normalized spacial score (nSPS) is 12.9. The Balaban J connectivity index is 1.94. The molecule has 2 nitrogen and oxygen atoms in total. The van der Waals surface area contributed by atoms with Gasteiger partial charge in [0.2, 0.25) is 0 Å². The Bertz CT molecular complexity index is 728. The fraction of sp³-hybridized carbons (Fsp3) is 0.188. The summed E-state index contributed by atoms with van der Waals surface area (Å²) < 4.78 is 6.59. The monoisotopic (exact) mass is 384 g/mol. The Kier molecular flexibility index (Phi) is 4.25. The lowest BCUT2D eigenvalue weighted by Crippen LogP contribution is -2.06. The molecule has 108 valence electrons. The molecule has 0 bridgehead atoms. The molecule has 0 amide bonds. The average molecular weight is 386 g/mol. The van der Waals surface area contributed by atoms with E-state index in [9.17, 15) is 4.79 Å². The van der Waals surface area contributed by atoms with Gasteiger partial charge in [0.15, 0.2) is 5.78 Å².